The number of hydrogen-bond acceptors (Lipinski definition) is 4. The van der Waals surface area contributed by atoms with Crippen LogP contribution >= 0.6 is 0 Å². The summed E-state index contributed by atoms with van der Waals surface area (Å²) in [6.07, 6.45) is 1.71. The van der Waals surface area contributed by atoms with Gasteiger partial charge in [-0.05, 0) is 25.6 Å². The zero-order valence-corrected chi connectivity index (χ0v) is 9.04. The van der Waals surface area contributed by atoms with Gasteiger partial charge < -0.3 is 16.0 Å². The highest BCUT2D eigenvalue weighted by Gasteiger charge is 2.02. The molecular weight excluding hydrogens is 176 g/mol. The van der Waals surface area contributed by atoms with Crippen LogP contribution in [-0.4, -0.2) is 32.2 Å². The Hall–Kier alpha value is -1.29. The highest BCUT2D eigenvalue weighted by molar-refractivity contribution is 5.51. The lowest BCUT2D eigenvalue weighted by Crippen LogP contribution is -2.27. The molecule has 0 fully saturated rings. The van der Waals surface area contributed by atoms with Crippen LogP contribution in [-0.2, 0) is 0 Å². The van der Waals surface area contributed by atoms with Crippen molar-refractivity contribution in [2.24, 2.45) is 0 Å². The number of anilines is 2. The first kappa shape index (κ1) is 10.8. The van der Waals surface area contributed by atoms with Gasteiger partial charge >= 0.3 is 0 Å². The fourth-order valence-corrected chi connectivity index (χ4v) is 1.15. The van der Waals surface area contributed by atoms with Crippen LogP contribution in [0, 0.1) is 6.92 Å². The maximum atomic E-state index is 5.70. The van der Waals surface area contributed by atoms with Crippen molar-refractivity contribution < 1.29 is 0 Å². The van der Waals surface area contributed by atoms with Gasteiger partial charge in [0.25, 0.3) is 0 Å². The summed E-state index contributed by atoms with van der Waals surface area (Å²) in [6, 6.07) is 2.00. The van der Waals surface area contributed by atoms with Crippen molar-refractivity contribution in [3.63, 3.8) is 0 Å². The van der Waals surface area contributed by atoms with Crippen LogP contribution in [0.25, 0.3) is 0 Å². The van der Waals surface area contributed by atoms with E-state index in [1.807, 2.05) is 27.1 Å². The molecule has 3 N–H and O–H groups in total. The lowest BCUT2D eigenvalue weighted by Gasteiger charge is -2.18. The van der Waals surface area contributed by atoms with Crippen molar-refractivity contribution in [1.29, 1.82) is 0 Å². The third-order valence-corrected chi connectivity index (χ3v) is 2.23. The Morgan fingerprint density at radius 3 is 2.86 bits per heavy atom. The fraction of sp³-hybridized carbons (Fsp3) is 0.500. The quantitative estimate of drug-likeness (QED) is 0.738. The van der Waals surface area contributed by atoms with Gasteiger partial charge in [-0.25, -0.2) is 4.98 Å². The van der Waals surface area contributed by atoms with E-state index in [4.69, 9.17) is 5.73 Å². The zero-order valence-electron chi connectivity index (χ0n) is 9.04. The number of nitrogens with two attached hydrogens (primary N) is 1. The molecule has 0 amide bonds. The Morgan fingerprint density at radius 2 is 2.29 bits per heavy atom. The van der Waals surface area contributed by atoms with Crippen LogP contribution in [0.2, 0.25) is 0 Å². The number of likely N-dealkylation sites (N-methyl/N-ethyl adjacent to an activating group) is 2. The van der Waals surface area contributed by atoms with Gasteiger partial charge in [-0.3, -0.25) is 0 Å². The van der Waals surface area contributed by atoms with Crippen molar-refractivity contribution in [2.45, 2.75) is 6.92 Å². The van der Waals surface area contributed by atoms with Gasteiger partial charge in [-0.1, -0.05) is 0 Å². The summed E-state index contributed by atoms with van der Waals surface area (Å²) >= 11 is 0. The zero-order chi connectivity index (χ0) is 10.6. The molecule has 0 unspecified atom stereocenters. The molecule has 0 radical (unpaired) electrons. The van der Waals surface area contributed by atoms with Crippen molar-refractivity contribution in [1.82, 2.24) is 10.3 Å². The number of rotatable bonds is 4. The number of nitrogens with one attached hydrogen (secondary N) is 1. The summed E-state index contributed by atoms with van der Waals surface area (Å²) < 4.78 is 0. The third-order valence-electron chi connectivity index (χ3n) is 2.23. The largest absolute Gasteiger partial charge is 0.397 e. The minimum atomic E-state index is 0.746. The van der Waals surface area contributed by atoms with Gasteiger partial charge in [0.05, 0.1) is 11.9 Å². The summed E-state index contributed by atoms with van der Waals surface area (Å²) in [4.78, 5) is 6.37. The van der Waals surface area contributed by atoms with Crippen LogP contribution in [0.15, 0.2) is 12.3 Å². The van der Waals surface area contributed by atoms with Gasteiger partial charge in [0, 0.05) is 20.1 Å². The molecule has 0 saturated heterocycles. The maximum Gasteiger partial charge on any atom is 0.128 e. The SMILES string of the molecule is CNCCN(C)c1cc(C)c(N)cn1. The Morgan fingerprint density at radius 1 is 1.57 bits per heavy atom. The number of nitrogen functional groups attached to an aromatic ring is 1. The number of hydrogen-bond donors (Lipinski definition) is 2. The fourth-order valence-electron chi connectivity index (χ4n) is 1.15. The van der Waals surface area contributed by atoms with E-state index < -0.39 is 0 Å². The smallest absolute Gasteiger partial charge is 0.128 e. The van der Waals surface area contributed by atoms with Gasteiger partial charge in [0.2, 0.25) is 0 Å². The Bertz CT molecular complexity index is 298. The first-order valence-electron chi connectivity index (χ1n) is 4.73. The lowest BCUT2D eigenvalue weighted by molar-refractivity contribution is 0.761. The minimum absolute atomic E-state index is 0.746. The third kappa shape index (κ3) is 2.60. The number of pyridine rings is 1. The molecule has 78 valence electrons. The summed E-state index contributed by atoms with van der Waals surface area (Å²) in [7, 11) is 3.96. The highest BCUT2D eigenvalue weighted by atomic mass is 15.2. The Balaban J connectivity index is 2.70. The molecule has 0 aliphatic carbocycles. The number of nitrogens with zero attached hydrogens (tertiary/aromatic N) is 2. The molecule has 0 atom stereocenters. The normalized spacial score (nSPS) is 10.2. The summed E-state index contributed by atoms with van der Waals surface area (Å²) in [6.45, 7) is 3.88. The molecular formula is C10H18N4. The van der Waals surface area contributed by atoms with Crippen LogP contribution < -0.4 is 16.0 Å². The minimum Gasteiger partial charge on any atom is -0.397 e. The molecule has 1 rings (SSSR count). The molecule has 14 heavy (non-hydrogen) atoms. The first-order valence-corrected chi connectivity index (χ1v) is 4.73. The van der Waals surface area contributed by atoms with Crippen molar-refractivity contribution in [2.75, 3.05) is 37.8 Å². The first-order chi connectivity index (χ1) is 6.65. The van der Waals surface area contributed by atoms with Gasteiger partial charge in [-0.2, -0.15) is 0 Å². The summed E-state index contributed by atoms with van der Waals surface area (Å²) in [5.41, 5.74) is 7.52. The lowest BCUT2D eigenvalue weighted by atomic mass is 10.2. The van der Waals surface area contributed by atoms with Crippen molar-refractivity contribution in [3.05, 3.63) is 17.8 Å². The highest BCUT2D eigenvalue weighted by Crippen LogP contribution is 2.15. The van der Waals surface area contributed by atoms with Crippen molar-refractivity contribution in [3.8, 4) is 0 Å². The van der Waals surface area contributed by atoms with Gasteiger partial charge in [0.15, 0.2) is 0 Å². The molecule has 0 aliphatic heterocycles. The summed E-state index contributed by atoms with van der Waals surface area (Å²) in [5.74, 6) is 0.965. The number of aromatic nitrogens is 1. The van der Waals surface area contributed by atoms with Crippen LogP contribution in [0.5, 0.6) is 0 Å². The van der Waals surface area contributed by atoms with Crippen LogP contribution in [0.4, 0.5) is 11.5 Å². The van der Waals surface area contributed by atoms with Gasteiger partial charge in [0.1, 0.15) is 5.82 Å². The van der Waals surface area contributed by atoms with E-state index >= 15 is 0 Å². The second-order valence-electron chi connectivity index (χ2n) is 3.42. The Kier molecular flexibility index (Phi) is 3.71. The van der Waals surface area contributed by atoms with E-state index in [1.54, 1.807) is 6.20 Å². The van der Waals surface area contributed by atoms with E-state index in [2.05, 4.69) is 15.2 Å². The molecule has 4 heteroatoms. The standard InChI is InChI=1S/C10H18N4/c1-8-6-10(13-7-9(8)11)14(3)5-4-12-2/h6-7,12H,4-5,11H2,1-3H3. The maximum absolute atomic E-state index is 5.70. The van der Waals surface area contributed by atoms with Crippen LogP contribution in [0.1, 0.15) is 5.56 Å². The molecule has 0 saturated carbocycles. The second kappa shape index (κ2) is 4.81. The second-order valence-corrected chi connectivity index (χ2v) is 3.42. The topological polar surface area (TPSA) is 54.2 Å². The summed E-state index contributed by atoms with van der Waals surface area (Å²) in [5, 5.41) is 3.10. The van der Waals surface area contributed by atoms with E-state index in [0.717, 1.165) is 30.2 Å². The molecule has 4 nitrogen and oxygen atoms in total. The molecule has 1 aromatic rings. The molecule has 0 aliphatic rings. The average Bonchev–Trinajstić information content (AvgIpc) is 2.18. The number of aryl methyl sites for hydroxylation is 1. The molecule has 0 spiro atoms. The molecule has 1 heterocycles. The predicted octanol–water partition coefficient (Wildman–Crippen LogP) is 0.628. The van der Waals surface area contributed by atoms with Crippen molar-refractivity contribution >= 4 is 11.5 Å². The predicted molar refractivity (Wildman–Crippen MR) is 60.6 cm³/mol. The molecule has 0 bridgehead atoms. The van der Waals surface area contributed by atoms with E-state index in [1.165, 1.54) is 0 Å². The molecule has 0 aromatic carbocycles. The van der Waals surface area contributed by atoms with E-state index in [9.17, 15) is 0 Å². The van der Waals surface area contributed by atoms with E-state index in [0.29, 0.717) is 0 Å². The van der Waals surface area contributed by atoms with E-state index in [-0.39, 0.29) is 0 Å². The van der Waals surface area contributed by atoms with Crippen LogP contribution in [0.3, 0.4) is 0 Å². The molecule has 1 aromatic heterocycles. The van der Waals surface area contributed by atoms with Gasteiger partial charge in [-0.15, -0.1) is 0 Å². The monoisotopic (exact) mass is 194 g/mol. The Labute approximate surface area is 85.1 Å². The average molecular weight is 194 g/mol.